The van der Waals surface area contributed by atoms with E-state index in [1.165, 1.54) is 11.1 Å². The highest BCUT2D eigenvalue weighted by molar-refractivity contribution is 6.30. The molecule has 1 aromatic carbocycles. The third kappa shape index (κ3) is 5.32. The van der Waals surface area contributed by atoms with Crippen molar-refractivity contribution in [2.75, 3.05) is 13.1 Å². The Morgan fingerprint density at radius 1 is 1.27 bits per heavy atom. The van der Waals surface area contributed by atoms with Crippen LogP contribution in [-0.4, -0.2) is 51.6 Å². The smallest absolute Gasteiger partial charge is 0.322 e. The fourth-order valence-corrected chi connectivity index (χ4v) is 3.12. The third-order valence-electron chi connectivity index (χ3n) is 4.37. The first kappa shape index (κ1) is 21.3. The highest BCUT2D eigenvalue weighted by Crippen LogP contribution is 2.23. The second-order valence-electron chi connectivity index (χ2n) is 6.58. The van der Waals surface area contributed by atoms with Crippen LogP contribution in [0.3, 0.4) is 0 Å². The van der Waals surface area contributed by atoms with Gasteiger partial charge in [-0.25, -0.2) is 4.98 Å². The SMILES string of the molecule is O=C(O)CNC(=O)C1C(=O)CCN(Cc2ccc(Oc3cccc(Cl)c3)nc2)C1=O. The predicted molar refractivity (Wildman–Crippen MR) is 105 cm³/mol. The Balaban J connectivity index is 1.63. The van der Waals surface area contributed by atoms with Gasteiger partial charge in [-0.1, -0.05) is 23.7 Å². The number of nitrogens with one attached hydrogen (secondary N) is 1. The standard InChI is InChI=1S/C20H18ClN3O6/c21-13-2-1-3-14(8-13)30-16-5-4-12(9-22-16)11-24-7-6-15(25)18(20(24)29)19(28)23-10-17(26)27/h1-5,8-9,18H,6-7,10-11H2,(H,23,28)(H,26,27). The van der Waals surface area contributed by atoms with Gasteiger partial charge >= 0.3 is 5.97 Å². The number of piperidine rings is 1. The molecule has 2 heterocycles. The van der Waals surface area contributed by atoms with E-state index in [-0.39, 0.29) is 19.5 Å². The lowest BCUT2D eigenvalue weighted by Gasteiger charge is -2.30. The normalized spacial score (nSPS) is 16.3. The molecule has 0 spiro atoms. The number of ketones is 1. The summed E-state index contributed by atoms with van der Waals surface area (Å²) >= 11 is 5.92. The summed E-state index contributed by atoms with van der Waals surface area (Å²) in [6.07, 6.45) is 1.55. The molecule has 0 bridgehead atoms. The number of carboxylic acids is 1. The van der Waals surface area contributed by atoms with Gasteiger partial charge in [0.25, 0.3) is 0 Å². The monoisotopic (exact) mass is 431 g/mol. The van der Waals surface area contributed by atoms with Gasteiger partial charge in [0.15, 0.2) is 11.7 Å². The van der Waals surface area contributed by atoms with E-state index >= 15 is 0 Å². The highest BCUT2D eigenvalue weighted by atomic mass is 35.5. The number of carbonyl (C=O) groups is 4. The van der Waals surface area contributed by atoms with E-state index in [0.29, 0.717) is 22.2 Å². The molecular formula is C20H18ClN3O6. The van der Waals surface area contributed by atoms with Crippen molar-refractivity contribution in [1.29, 1.82) is 0 Å². The molecule has 156 valence electrons. The zero-order valence-corrected chi connectivity index (χ0v) is 16.5. The lowest BCUT2D eigenvalue weighted by atomic mass is 9.94. The van der Waals surface area contributed by atoms with Gasteiger partial charge in [-0.3, -0.25) is 19.2 Å². The number of rotatable bonds is 7. The van der Waals surface area contributed by atoms with Crippen molar-refractivity contribution < 1.29 is 29.0 Å². The summed E-state index contributed by atoms with van der Waals surface area (Å²) in [7, 11) is 0. The number of pyridine rings is 1. The fourth-order valence-electron chi connectivity index (χ4n) is 2.94. The van der Waals surface area contributed by atoms with Gasteiger partial charge in [0, 0.05) is 36.8 Å². The number of aliphatic carboxylic acids is 1. The topological polar surface area (TPSA) is 126 Å². The Morgan fingerprint density at radius 2 is 2.07 bits per heavy atom. The number of aromatic nitrogens is 1. The van der Waals surface area contributed by atoms with Gasteiger partial charge in [-0.05, 0) is 23.8 Å². The second-order valence-corrected chi connectivity index (χ2v) is 7.02. The molecule has 1 aliphatic rings. The molecule has 1 unspecified atom stereocenters. The van der Waals surface area contributed by atoms with Crippen LogP contribution in [0.5, 0.6) is 11.6 Å². The van der Waals surface area contributed by atoms with Gasteiger partial charge in [0.2, 0.25) is 17.7 Å². The minimum absolute atomic E-state index is 0.0142. The van der Waals surface area contributed by atoms with Crippen LogP contribution >= 0.6 is 11.6 Å². The Bertz CT molecular complexity index is 979. The van der Waals surface area contributed by atoms with E-state index in [1.807, 2.05) is 0 Å². The van der Waals surface area contributed by atoms with Crippen LogP contribution in [0.1, 0.15) is 12.0 Å². The van der Waals surface area contributed by atoms with Crippen LogP contribution in [0, 0.1) is 5.92 Å². The summed E-state index contributed by atoms with van der Waals surface area (Å²) in [5.41, 5.74) is 0.681. The van der Waals surface area contributed by atoms with Crippen LogP contribution in [0.25, 0.3) is 0 Å². The van der Waals surface area contributed by atoms with E-state index < -0.39 is 36.0 Å². The molecule has 3 rings (SSSR count). The number of carboxylic acid groups (broad SMARTS) is 1. The van der Waals surface area contributed by atoms with Crippen molar-refractivity contribution >= 4 is 35.2 Å². The summed E-state index contributed by atoms with van der Waals surface area (Å²) in [6.45, 7) is -0.339. The lowest BCUT2D eigenvalue weighted by molar-refractivity contribution is -0.152. The van der Waals surface area contributed by atoms with Gasteiger partial charge in [-0.2, -0.15) is 0 Å². The molecule has 1 saturated heterocycles. The van der Waals surface area contributed by atoms with Crippen LogP contribution in [-0.2, 0) is 25.7 Å². The molecule has 1 atom stereocenters. The van der Waals surface area contributed by atoms with E-state index in [2.05, 4.69) is 10.3 Å². The summed E-state index contributed by atoms with van der Waals surface area (Å²) in [4.78, 5) is 52.9. The van der Waals surface area contributed by atoms with Crippen molar-refractivity contribution in [2.24, 2.45) is 5.92 Å². The van der Waals surface area contributed by atoms with Crippen molar-refractivity contribution in [3.8, 4) is 11.6 Å². The van der Waals surface area contributed by atoms with Crippen molar-refractivity contribution in [2.45, 2.75) is 13.0 Å². The van der Waals surface area contributed by atoms with Crippen molar-refractivity contribution in [3.63, 3.8) is 0 Å². The van der Waals surface area contributed by atoms with Gasteiger partial charge in [0.05, 0.1) is 0 Å². The molecule has 30 heavy (non-hydrogen) atoms. The average Bonchev–Trinajstić information content (AvgIpc) is 2.70. The molecular weight excluding hydrogens is 414 g/mol. The van der Waals surface area contributed by atoms with Crippen LogP contribution in [0.15, 0.2) is 42.6 Å². The van der Waals surface area contributed by atoms with Crippen molar-refractivity contribution in [3.05, 3.63) is 53.2 Å². The molecule has 2 amide bonds. The first-order valence-corrected chi connectivity index (χ1v) is 9.40. The first-order chi connectivity index (χ1) is 14.3. The molecule has 1 aliphatic heterocycles. The Morgan fingerprint density at radius 3 is 2.73 bits per heavy atom. The zero-order chi connectivity index (χ0) is 21.7. The highest BCUT2D eigenvalue weighted by Gasteiger charge is 2.40. The predicted octanol–water partition coefficient (Wildman–Crippen LogP) is 1.65. The number of benzene rings is 1. The molecule has 0 saturated carbocycles. The number of amides is 2. The van der Waals surface area contributed by atoms with E-state index in [1.54, 1.807) is 36.4 Å². The number of halogens is 1. The molecule has 2 aromatic rings. The van der Waals surface area contributed by atoms with Gasteiger partial charge in [-0.15, -0.1) is 0 Å². The largest absolute Gasteiger partial charge is 0.480 e. The Labute approximate surface area is 176 Å². The number of ether oxygens (including phenoxy) is 1. The Kier molecular flexibility index (Phi) is 6.63. The molecule has 1 aromatic heterocycles. The van der Waals surface area contributed by atoms with E-state index in [9.17, 15) is 19.2 Å². The minimum atomic E-state index is -1.53. The molecule has 0 radical (unpaired) electrons. The zero-order valence-electron chi connectivity index (χ0n) is 15.7. The third-order valence-corrected chi connectivity index (χ3v) is 4.61. The number of Topliss-reactive ketones (excluding diaryl/α,β-unsaturated/α-hetero) is 1. The van der Waals surface area contributed by atoms with E-state index in [0.717, 1.165) is 0 Å². The number of nitrogens with zero attached hydrogens (tertiary/aromatic N) is 2. The summed E-state index contributed by atoms with van der Waals surface area (Å²) < 4.78 is 5.61. The average molecular weight is 432 g/mol. The number of likely N-dealkylation sites (tertiary alicyclic amines) is 1. The maximum absolute atomic E-state index is 12.6. The maximum atomic E-state index is 12.6. The molecule has 9 nitrogen and oxygen atoms in total. The summed E-state index contributed by atoms with van der Waals surface area (Å²) in [6, 6.07) is 10.2. The Hall–Kier alpha value is -3.46. The quantitative estimate of drug-likeness (QED) is 0.638. The van der Waals surface area contributed by atoms with Gasteiger partial charge in [0.1, 0.15) is 12.3 Å². The van der Waals surface area contributed by atoms with Crippen molar-refractivity contribution in [1.82, 2.24) is 15.2 Å². The van der Waals surface area contributed by atoms with Gasteiger partial charge < -0.3 is 20.1 Å². The molecule has 2 N–H and O–H groups in total. The minimum Gasteiger partial charge on any atom is -0.480 e. The van der Waals surface area contributed by atoms with E-state index in [4.69, 9.17) is 21.4 Å². The maximum Gasteiger partial charge on any atom is 0.322 e. The molecule has 0 aliphatic carbocycles. The summed E-state index contributed by atoms with van der Waals surface area (Å²) in [5.74, 6) is -4.01. The molecule has 10 heteroatoms. The number of hydrogen-bond acceptors (Lipinski definition) is 6. The number of carbonyl (C=O) groups excluding carboxylic acids is 3. The van der Waals surface area contributed by atoms with Crippen LogP contribution < -0.4 is 10.1 Å². The molecule has 1 fully saturated rings. The van der Waals surface area contributed by atoms with Crippen LogP contribution in [0.4, 0.5) is 0 Å². The lowest BCUT2D eigenvalue weighted by Crippen LogP contribution is -2.52. The number of hydrogen-bond donors (Lipinski definition) is 2. The summed E-state index contributed by atoms with van der Waals surface area (Å²) in [5, 5.41) is 11.3. The van der Waals surface area contributed by atoms with Crippen LogP contribution in [0.2, 0.25) is 5.02 Å². The second kappa shape index (κ2) is 9.36. The first-order valence-electron chi connectivity index (χ1n) is 9.03. The fraction of sp³-hybridized carbons (Fsp3) is 0.250.